The fourth-order valence-electron chi connectivity index (χ4n) is 2.13. The molecular weight excluding hydrogens is 194 g/mol. The monoisotopic (exact) mass is 219 g/mol. The number of hydrogen-bond donors (Lipinski definition) is 1. The Bertz CT molecular complexity index is 287. The maximum atomic E-state index is 3.67. The largest absolute Gasteiger partial charge is 0.310 e. The van der Waals surface area contributed by atoms with E-state index in [0.29, 0.717) is 6.04 Å². The van der Waals surface area contributed by atoms with Crippen LogP contribution in [0.5, 0.6) is 0 Å². The predicted octanol–water partition coefficient (Wildman–Crippen LogP) is 4.05. The highest BCUT2D eigenvalue weighted by Crippen LogP contribution is 2.08. The first-order chi connectivity index (χ1) is 7.76. The van der Waals surface area contributed by atoms with Gasteiger partial charge >= 0.3 is 0 Å². The molecule has 1 nitrogen and oxygen atoms in total. The summed E-state index contributed by atoms with van der Waals surface area (Å²) in [5.74, 6) is 0. The first kappa shape index (κ1) is 13.2. The first-order valence-electron chi connectivity index (χ1n) is 6.55. The van der Waals surface area contributed by atoms with E-state index in [1.807, 2.05) is 0 Å². The molecule has 0 aromatic heterocycles. The van der Waals surface area contributed by atoms with Crippen LogP contribution in [0.15, 0.2) is 24.3 Å². The lowest BCUT2D eigenvalue weighted by atomic mass is 10.1. The van der Waals surface area contributed by atoms with Crippen molar-refractivity contribution in [1.82, 2.24) is 5.32 Å². The maximum Gasteiger partial charge on any atom is 0.0208 e. The highest BCUT2D eigenvalue weighted by molar-refractivity contribution is 5.21. The van der Waals surface area contributed by atoms with E-state index in [-0.39, 0.29) is 0 Å². The van der Waals surface area contributed by atoms with Crippen LogP contribution in [0.4, 0.5) is 0 Å². The predicted molar refractivity (Wildman–Crippen MR) is 71.6 cm³/mol. The molecule has 0 heterocycles. The van der Waals surface area contributed by atoms with Gasteiger partial charge in [-0.3, -0.25) is 0 Å². The third kappa shape index (κ3) is 4.80. The van der Waals surface area contributed by atoms with Crippen molar-refractivity contribution >= 4 is 0 Å². The first-order valence-corrected chi connectivity index (χ1v) is 6.55. The van der Waals surface area contributed by atoms with Crippen molar-refractivity contribution in [3.8, 4) is 0 Å². The van der Waals surface area contributed by atoms with E-state index in [1.165, 1.54) is 36.8 Å². The van der Waals surface area contributed by atoms with Gasteiger partial charge < -0.3 is 5.32 Å². The van der Waals surface area contributed by atoms with Crippen LogP contribution in [0, 0.1) is 6.92 Å². The van der Waals surface area contributed by atoms with E-state index in [0.717, 1.165) is 6.54 Å². The van der Waals surface area contributed by atoms with Crippen LogP contribution in [-0.2, 0) is 6.54 Å². The van der Waals surface area contributed by atoms with Crippen molar-refractivity contribution in [2.24, 2.45) is 0 Å². The molecule has 0 spiro atoms. The number of hydrogen-bond acceptors (Lipinski definition) is 1. The van der Waals surface area contributed by atoms with Gasteiger partial charge in [0.05, 0.1) is 0 Å². The summed E-state index contributed by atoms with van der Waals surface area (Å²) < 4.78 is 0. The topological polar surface area (TPSA) is 12.0 Å². The van der Waals surface area contributed by atoms with Gasteiger partial charge in [0, 0.05) is 12.6 Å². The molecule has 0 atom stereocenters. The number of benzene rings is 1. The van der Waals surface area contributed by atoms with Crippen LogP contribution in [0.3, 0.4) is 0 Å². The van der Waals surface area contributed by atoms with Crippen LogP contribution in [0.1, 0.15) is 50.7 Å². The van der Waals surface area contributed by atoms with Crippen molar-refractivity contribution in [2.45, 2.75) is 59.0 Å². The van der Waals surface area contributed by atoms with Crippen LogP contribution in [-0.4, -0.2) is 6.04 Å². The second-order valence-corrected chi connectivity index (χ2v) is 4.64. The molecular formula is C15H25N. The molecule has 0 fully saturated rings. The van der Waals surface area contributed by atoms with Crippen LogP contribution in [0.2, 0.25) is 0 Å². The Morgan fingerprint density at radius 2 is 1.81 bits per heavy atom. The zero-order valence-corrected chi connectivity index (χ0v) is 10.9. The summed E-state index contributed by atoms with van der Waals surface area (Å²) in [4.78, 5) is 0. The van der Waals surface area contributed by atoms with Crippen LogP contribution >= 0.6 is 0 Å². The van der Waals surface area contributed by atoms with Gasteiger partial charge in [-0.05, 0) is 25.3 Å². The van der Waals surface area contributed by atoms with Gasteiger partial charge in [0.1, 0.15) is 0 Å². The highest BCUT2D eigenvalue weighted by atomic mass is 14.9. The molecule has 0 bridgehead atoms. The molecule has 0 unspecified atom stereocenters. The van der Waals surface area contributed by atoms with Crippen molar-refractivity contribution in [3.63, 3.8) is 0 Å². The second-order valence-electron chi connectivity index (χ2n) is 4.64. The van der Waals surface area contributed by atoms with Gasteiger partial charge in [-0.15, -0.1) is 0 Å². The Labute approximate surface area is 100 Å². The number of nitrogens with one attached hydrogen (secondary N) is 1. The van der Waals surface area contributed by atoms with E-state index < -0.39 is 0 Å². The fourth-order valence-corrected chi connectivity index (χ4v) is 2.13. The van der Waals surface area contributed by atoms with Crippen LogP contribution < -0.4 is 5.32 Å². The molecule has 1 rings (SSSR count). The zero-order valence-electron chi connectivity index (χ0n) is 10.9. The van der Waals surface area contributed by atoms with Crippen molar-refractivity contribution in [1.29, 1.82) is 0 Å². The lowest BCUT2D eigenvalue weighted by molar-refractivity contribution is 0.443. The van der Waals surface area contributed by atoms with Gasteiger partial charge in [0.2, 0.25) is 0 Å². The average Bonchev–Trinajstić information content (AvgIpc) is 2.27. The Morgan fingerprint density at radius 1 is 1.12 bits per heavy atom. The minimum atomic E-state index is 0.690. The Kier molecular flexibility index (Phi) is 6.17. The van der Waals surface area contributed by atoms with Gasteiger partial charge in [-0.2, -0.15) is 0 Å². The Hall–Kier alpha value is -0.820. The third-order valence-corrected chi connectivity index (χ3v) is 2.95. The summed E-state index contributed by atoms with van der Waals surface area (Å²) in [5, 5.41) is 3.67. The minimum Gasteiger partial charge on any atom is -0.310 e. The van der Waals surface area contributed by atoms with Gasteiger partial charge in [0.15, 0.2) is 0 Å². The highest BCUT2D eigenvalue weighted by Gasteiger charge is 2.05. The summed E-state index contributed by atoms with van der Waals surface area (Å²) in [6.45, 7) is 7.68. The van der Waals surface area contributed by atoms with Gasteiger partial charge in [-0.25, -0.2) is 0 Å². The Balaban J connectivity index is 2.41. The van der Waals surface area contributed by atoms with E-state index in [1.54, 1.807) is 0 Å². The molecule has 0 aliphatic rings. The van der Waals surface area contributed by atoms with Crippen molar-refractivity contribution in [3.05, 3.63) is 35.4 Å². The van der Waals surface area contributed by atoms with E-state index in [2.05, 4.69) is 50.4 Å². The van der Waals surface area contributed by atoms with E-state index in [9.17, 15) is 0 Å². The SMILES string of the molecule is CCCC(CCC)NCc1cccc(C)c1. The molecule has 1 heteroatoms. The summed E-state index contributed by atoms with van der Waals surface area (Å²) in [6.07, 6.45) is 5.12. The Morgan fingerprint density at radius 3 is 2.38 bits per heavy atom. The minimum absolute atomic E-state index is 0.690. The smallest absolute Gasteiger partial charge is 0.0208 e. The van der Waals surface area contributed by atoms with Gasteiger partial charge in [-0.1, -0.05) is 56.5 Å². The zero-order chi connectivity index (χ0) is 11.8. The molecule has 1 N–H and O–H groups in total. The molecule has 0 saturated heterocycles. The van der Waals surface area contributed by atoms with Crippen molar-refractivity contribution in [2.75, 3.05) is 0 Å². The van der Waals surface area contributed by atoms with Crippen LogP contribution in [0.25, 0.3) is 0 Å². The maximum absolute atomic E-state index is 3.67. The molecule has 0 aliphatic carbocycles. The molecule has 1 aromatic rings. The lowest BCUT2D eigenvalue weighted by Gasteiger charge is -2.17. The average molecular weight is 219 g/mol. The number of aryl methyl sites for hydroxylation is 1. The van der Waals surface area contributed by atoms with Gasteiger partial charge in [0.25, 0.3) is 0 Å². The quantitative estimate of drug-likeness (QED) is 0.729. The molecule has 0 aliphatic heterocycles. The molecule has 16 heavy (non-hydrogen) atoms. The second kappa shape index (κ2) is 7.45. The summed E-state index contributed by atoms with van der Waals surface area (Å²) in [7, 11) is 0. The van der Waals surface area contributed by atoms with Crippen molar-refractivity contribution < 1.29 is 0 Å². The standard InChI is InChI=1S/C15H25N/c1-4-7-15(8-5-2)16-12-14-10-6-9-13(3)11-14/h6,9-11,15-16H,4-5,7-8,12H2,1-3H3. The molecule has 90 valence electrons. The molecule has 0 radical (unpaired) electrons. The fraction of sp³-hybridized carbons (Fsp3) is 0.600. The van der Waals surface area contributed by atoms with E-state index >= 15 is 0 Å². The molecule has 0 amide bonds. The normalized spacial score (nSPS) is 11.0. The number of rotatable bonds is 7. The molecule has 0 saturated carbocycles. The van der Waals surface area contributed by atoms with E-state index in [4.69, 9.17) is 0 Å². The molecule has 1 aromatic carbocycles. The lowest BCUT2D eigenvalue weighted by Crippen LogP contribution is -2.28. The third-order valence-electron chi connectivity index (χ3n) is 2.95. The summed E-state index contributed by atoms with van der Waals surface area (Å²) in [5.41, 5.74) is 2.75. The summed E-state index contributed by atoms with van der Waals surface area (Å²) >= 11 is 0. The summed E-state index contributed by atoms with van der Waals surface area (Å²) in [6, 6.07) is 9.45.